The zero-order chi connectivity index (χ0) is 16.4. The fourth-order valence-electron chi connectivity index (χ4n) is 2.13. The summed E-state index contributed by atoms with van der Waals surface area (Å²) < 4.78 is 2.01. The molecule has 0 spiro atoms. The van der Waals surface area contributed by atoms with Crippen molar-refractivity contribution in [3.63, 3.8) is 0 Å². The van der Waals surface area contributed by atoms with Gasteiger partial charge in [-0.2, -0.15) is 0 Å². The number of nitrogens with one attached hydrogen (secondary N) is 1. The molecule has 0 saturated heterocycles. The minimum absolute atomic E-state index is 0. The fraction of sp³-hybridized carbons (Fsp3) is 0.200. The number of halogens is 4. The first kappa shape index (κ1) is 22.6. The summed E-state index contributed by atoms with van der Waals surface area (Å²) in [6, 6.07) is 1.76. The molecule has 0 aromatic carbocycles. The Kier molecular flexibility index (Phi) is 9.11. The van der Waals surface area contributed by atoms with Gasteiger partial charge in [0.15, 0.2) is 0 Å². The summed E-state index contributed by atoms with van der Waals surface area (Å²) in [5.74, 6) is 0. The SMILES string of the molecule is C=C[C@H](N)Cc1sc2c(NCc3nccs3)cc(Cl)nc2c1Br.Cl.Cl. The van der Waals surface area contributed by atoms with Gasteiger partial charge in [-0.25, -0.2) is 9.97 Å². The third-order valence-corrected chi connectivity index (χ3v) is 6.58. The molecule has 1 atom stereocenters. The maximum Gasteiger partial charge on any atom is 0.131 e. The lowest BCUT2D eigenvalue weighted by Crippen LogP contribution is -2.18. The monoisotopic (exact) mass is 500 g/mol. The number of pyridine rings is 1. The van der Waals surface area contributed by atoms with Gasteiger partial charge in [0.2, 0.25) is 0 Å². The van der Waals surface area contributed by atoms with Crippen LogP contribution in [0.25, 0.3) is 10.2 Å². The van der Waals surface area contributed by atoms with Crippen molar-refractivity contribution in [2.24, 2.45) is 5.73 Å². The second kappa shape index (κ2) is 10.1. The van der Waals surface area contributed by atoms with E-state index >= 15 is 0 Å². The van der Waals surface area contributed by atoms with Crippen molar-refractivity contribution in [1.82, 2.24) is 9.97 Å². The fourth-order valence-corrected chi connectivity index (χ4v) is 4.89. The third kappa shape index (κ3) is 5.29. The number of thiophene rings is 1. The Morgan fingerprint density at radius 2 is 2.20 bits per heavy atom. The van der Waals surface area contributed by atoms with E-state index < -0.39 is 0 Å². The highest BCUT2D eigenvalue weighted by Gasteiger charge is 2.17. The van der Waals surface area contributed by atoms with Crippen molar-refractivity contribution in [1.29, 1.82) is 0 Å². The van der Waals surface area contributed by atoms with Crippen molar-refractivity contribution in [3.05, 3.63) is 49.8 Å². The number of hydrogen-bond donors (Lipinski definition) is 2. The summed E-state index contributed by atoms with van der Waals surface area (Å²) in [5, 5.41) is 6.84. The van der Waals surface area contributed by atoms with E-state index in [0.717, 1.165) is 30.3 Å². The van der Waals surface area contributed by atoms with E-state index in [0.29, 0.717) is 18.1 Å². The Balaban J connectivity index is 0.00000156. The Morgan fingerprint density at radius 3 is 2.84 bits per heavy atom. The first-order chi connectivity index (χ1) is 11.1. The molecule has 3 N–H and O–H groups in total. The largest absolute Gasteiger partial charge is 0.377 e. The first-order valence-corrected chi connectivity index (χ1v) is 9.73. The van der Waals surface area contributed by atoms with Crippen LogP contribution in [0, 0.1) is 0 Å². The predicted molar refractivity (Wildman–Crippen MR) is 118 cm³/mol. The number of rotatable bonds is 6. The molecule has 4 nitrogen and oxygen atoms in total. The van der Waals surface area contributed by atoms with Gasteiger partial charge < -0.3 is 11.1 Å². The number of aromatic nitrogens is 2. The van der Waals surface area contributed by atoms with Crippen LogP contribution < -0.4 is 11.1 Å². The molecule has 0 radical (unpaired) electrons. The topological polar surface area (TPSA) is 63.8 Å². The van der Waals surface area contributed by atoms with Gasteiger partial charge in [-0.1, -0.05) is 17.7 Å². The molecule has 3 aromatic heterocycles. The van der Waals surface area contributed by atoms with Gasteiger partial charge in [0.1, 0.15) is 10.2 Å². The summed E-state index contributed by atoms with van der Waals surface area (Å²) in [6.07, 6.45) is 4.26. The van der Waals surface area contributed by atoms with Gasteiger partial charge in [-0.3, -0.25) is 0 Å². The van der Waals surface area contributed by atoms with Crippen LogP contribution in [0.1, 0.15) is 9.88 Å². The second-order valence-electron chi connectivity index (χ2n) is 4.89. The highest BCUT2D eigenvalue weighted by molar-refractivity contribution is 9.10. The van der Waals surface area contributed by atoms with Gasteiger partial charge in [0, 0.05) is 35.0 Å². The normalized spacial score (nSPS) is 11.5. The minimum Gasteiger partial charge on any atom is -0.377 e. The van der Waals surface area contributed by atoms with E-state index in [9.17, 15) is 0 Å². The van der Waals surface area contributed by atoms with Crippen LogP contribution in [0.3, 0.4) is 0 Å². The number of anilines is 1. The summed E-state index contributed by atoms with van der Waals surface area (Å²) in [6.45, 7) is 4.40. The zero-order valence-electron chi connectivity index (χ0n) is 12.9. The van der Waals surface area contributed by atoms with Crippen molar-refractivity contribution in [2.75, 3.05) is 5.32 Å². The highest BCUT2D eigenvalue weighted by Crippen LogP contribution is 2.40. The summed E-state index contributed by atoms with van der Waals surface area (Å²) in [7, 11) is 0. The second-order valence-corrected chi connectivity index (χ2v) is 8.16. The summed E-state index contributed by atoms with van der Waals surface area (Å²) in [4.78, 5) is 9.86. The van der Waals surface area contributed by atoms with Crippen LogP contribution in [-0.2, 0) is 13.0 Å². The zero-order valence-corrected chi connectivity index (χ0v) is 18.5. The lowest BCUT2D eigenvalue weighted by Gasteiger charge is -2.06. The lowest BCUT2D eigenvalue weighted by molar-refractivity contribution is 0.821. The predicted octanol–water partition coefficient (Wildman–Crippen LogP) is 5.68. The Hall–Kier alpha value is -0.410. The van der Waals surface area contributed by atoms with Crippen LogP contribution in [0.5, 0.6) is 0 Å². The molecule has 0 unspecified atom stereocenters. The van der Waals surface area contributed by atoms with Crippen LogP contribution in [0.15, 0.2) is 34.8 Å². The van der Waals surface area contributed by atoms with Crippen LogP contribution in [0.4, 0.5) is 5.69 Å². The van der Waals surface area contributed by atoms with E-state index in [1.54, 1.807) is 34.9 Å². The van der Waals surface area contributed by atoms with Gasteiger partial charge in [0.25, 0.3) is 0 Å². The first-order valence-electron chi connectivity index (χ1n) is 6.86. The third-order valence-electron chi connectivity index (χ3n) is 3.26. The van der Waals surface area contributed by atoms with Gasteiger partial charge in [-0.15, -0.1) is 54.1 Å². The maximum absolute atomic E-state index is 6.18. The summed E-state index contributed by atoms with van der Waals surface area (Å²) in [5.41, 5.74) is 7.80. The molecule has 0 aliphatic carbocycles. The van der Waals surface area contributed by atoms with E-state index in [1.807, 2.05) is 11.4 Å². The molecule has 0 fully saturated rings. The average Bonchev–Trinajstić information content (AvgIpc) is 3.15. The molecule has 0 amide bonds. The van der Waals surface area contributed by atoms with Crippen molar-refractivity contribution in [2.45, 2.75) is 19.0 Å². The standard InChI is InChI=1S/C15H14BrClN4S2.2ClH/c1-2-8(18)5-10-13(16)14-15(23-10)9(6-11(17)21-14)20-7-12-19-3-4-22-12;;/h2-4,6,8H,1,5,7,18H2,(H,20,21);2*1H/t8-;;/m0../s1. The minimum atomic E-state index is -0.0819. The van der Waals surface area contributed by atoms with E-state index in [-0.39, 0.29) is 30.9 Å². The number of nitrogens with two attached hydrogens (primary N) is 1. The molecule has 10 heteroatoms. The molecule has 0 aliphatic heterocycles. The number of thiazole rings is 1. The van der Waals surface area contributed by atoms with Crippen molar-refractivity contribution < 1.29 is 0 Å². The quantitative estimate of drug-likeness (QED) is 0.336. The molecule has 0 aliphatic rings. The van der Waals surface area contributed by atoms with Crippen LogP contribution in [-0.4, -0.2) is 16.0 Å². The average molecular weight is 503 g/mol. The van der Waals surface area contributed by atoms with Gasteiger partial charge in [-0.05, 0) is 15.9 Å². The van der Waals surface area contributed by atoms with Crippen molar-refractivity contribution in [3.8, 4) is 0 Å². The molecule has 3 rings (SSSR count). The molecule has 25 heavy (non-hydrogen) atoms. The number of hydrogen-bond acceptors (Lipinski definition) is 6. The molecule has 0 bridgehead atoms. The van der Waals surface area contributed by atoms with E-state index in [1.165, 1.54) is 0 Å². The smallest absolute Gasteiger partial charge is 0.131 e. The van der Waals surface area contributed by atoms with Crippen molar-refractivity contribution >= 4 is 90.9 Å². The summed E-state index contributed by atoms with van der Waals surface area (Å²) >= 11 is 13.1. The Morgan fingerprint density at radius 1 is 1.44 bits per heavy atom. The van der Waals surface area contributed by atoms with E-state index in [2.05, 4.69) is 37.8 Å². The van der Waals surface area contributed by atoms with Gasteiger partial charge >= 0.3 is 0 Å². The number of nitrogens with zero attached hydrogens (tertiary/aromatic N) is 2. The molecular formula is C15H16BrCl3N4S2. The molecular weight excluding hydrogens is 487 g/mol. The Labute approximate surface area is 179 Å². The molecule has 0 saturated carbocycles. The van der Waals surface area contributed by atoms with E-state index in [4.69, 9.17) is 17.3 Å². The van der Waals surface area contributed by atoms with Crippen LogP contribution in [0.2, 0.25) is 5.15 Å². The maximum atomic E-state index is 6.18. The molecule has 136 valence electrons. The van der Waals surface area contributed by atoms with Gasteiger partial charge in [0.05, 0.1) is 26.9 Å². The Bertz CT molecular complexity index is 839. The highest BCUT2D eigenvalue weighted by atomic mass is 79.9. The molecule has 3 heterocycles. The number of fused-ring (bicyclic) bond motifs is 1. The molecule has 3 aromatic rings. The lowest BCUT2D eigenvalue weighted by atomic mass is 10.2. The van der Waals surface area contributed by atoms with Crippen LogP contribution >= 0.6 is 75.0 Å².